The van der Waals surface area contributed by atoms with E-state index < -0.39 is 0 Å². The Morgan fingerprint density at radius 1 is 1.26 bits per heavy atom. The number of aromatic nitrogens is 2. The summed E-state index contributed by atoms with van der Waals surface area (Å²) in [6.07, 6.45) is 0. The van der Waals surface area contributed by atoms with E-state index in [1.54, 1.807) is 0 Å². The maximum Gasteiger partial charge on any atom is 0.0991 e. The zero-order valence-electron chi connectivity index (χ0n) is 11.7. The van der Waals surface area contributed by atoms with Crippen LogP contribution in [0.15, 0.2) is 24.3 Å². The molecular formula is C15H18N4. The van der Waals surface area contributed by atoms with Crippen LogP contribution in [0.5, 0.6) is 0 Å². The zero-order chi connectivity index (χ0) is 14.0. The highest BCUT2D eigenvalue weighted by atomic mass is 15.3. The predicted octanol–water partition coefficient (Wildman–Crippen LogP) is 3.08. The highest BCUT2D eigenvalue weighted by molar-refractivity contribution is 5.49. The molecule has 0 radical (unpaired) electrons. The molecule has 0 aliphatic carbocycles. The molecule has 0 aliphatic heterocycles. The van der Waals surface area contributed by atoms with Gasteiger partial charge in [-0.3, -0.25) is 4.68 Å². The van der Waals surface area contributed by atoms with E-state index in [-0.39, 0.29) is 6.04 Å². The molecular weight excluding hydrogens is 236 g/mol. The number of nitrogens with one attached hydrogen (secondary N) is 1. The Labute approximate surface area is 113 Å². The smallest absolute Gasteiger partial charge is 0.0991 e. The van der Waals surface area contributed by atoms with Crippen molar-refractivity contribution in [2.75, 3.05) is 5.32 Å². The SMILES string of the molecule is Cc1nn(C)c(C)c1C(C)Nc1ccc(C#N)cc1. The number of hydrogen-bond donors (Lipinski definition) is 1. The summed E-state index contributed by atoms with van der Waals surface area (Å²) in [5.41, 5.74) is 5.13. The second-order valence-corrected chi connectivity index (χ2v) is 4.76. The molecule has 98 valence electrons. The minimum atomic E-state index is 0.182. The minimum Gasteiger partial charge on any atom is -0.378 e. The molecule has 1 aromatic heterocycles. The van der Waals surface area contributed by atoms with E-state index >= 15 is 0 Å². The van der Waals surface area contributed by atoms with Gasteiger partial charge in [0.25, 0.3) is 0 Å². The van der Waals surface area contributed by atoms with Gasteiger partial charge < -0.3 is 5.32 Å². The summed E-state index contributed by atoms with van der Waals surface area (Å²) < 4.78 is 1.90. The first kappa shape index (κ1) is 13.2. The topological polar surface area (TPSA) is 53.6 Å². The molecule has 0 saturated carbocycles. The van der Waals surface area contributed by atoms with Crippen LogP contribution in [0.25, 0.3) is 0 Å². The molecule has 0 amide bonds. The number of rotatable bonds is 3. The van der Waals surface area contributed by atoms with Crippen LogP contribution < -0.4 is 5.32 Å². The number of aryl methyl sites for hydroxylation is 2. The van der Waals surface area contributed by atoms with E-state index in [1.807, 2.05) is 42.9 Å². The van der Waals surface area contributed by atoms with Gasteiger partial charge in [0.1, 0.15) is 0 Å². The van der Waals surface area contributed by atoms with Crippen LogP contribution in [0, 0.1) is 25.2 Å². The normalized spacial score (nSPS) is 11.9. The number of anilines is 1. The van der Waals surface area contributed by atoms with Crippen LogP contribution in [0.4, 0.5) is 5.69 Å². The summed E-state index contributed by atoms with van der Waals surface area (Å²) in [5.74, 6) is 0. The van der Waals surface area contributed by atoms with Crippen molar-refractivity contribution in [3.63, 3.8) is 0 Å². The monoisotopic (exact) mass is 254 g/mol. The maximum absolute atomic E-state index is 8.78. The van der Waals surface area contributed by atoms with Gasteiger partial charge in [0.2, 0.25) is 0 Å². The second-order valence-electron chi connectivity index (χ2n) is 4.76. The Hall–Kier alpha value is -2.28. The van der Waals surface area contributed by atoms with Crippen molar-refractivity contribution in [1.82, 2.24) is 9.78 Å². The summed E-state index contributed by atoms with van der Waals surface area (Å²) in [6.45, 7) is 6.22. The Kier molecular flexibility index (Phi) is 3.57. The van der Waals surface area contributed by atoms with Crippen molar-refractivity contribution in [3.05, 3.63) is 46.8 Å². The van der Waals surface area contributed by atoms with Crippen LogP contribution in [0.3, 0.4) is 0 Å². The van der Waals surface area contributed by atoms with Crippen LogP contribution in [0.2, 0.25) is 0 Å². The number of benzene rings is 1. The average molecular weight is 254 g/mol. The van der Waals surface area contributed by atoms with Gasteiger partial charge in [-0.05, 0) is 45.0 Å². The van der Waals surface area contributed by atoms with Crippen molar-refractivity contribution >= 4 is 5.69 Å². The van der Waals surface area contributed by atoms with Crippen LogP contribution in [0.1, 0.15) is 35.5 Å². The first-order valence-corrected chi connectivity index (χ1v) is 6.29. The van der Waals surface area contributed by atoms with Gasteiger partial charge in [-0.1, -0.05) is 0 Å². The second kappa shape index (κ2) is 5.15. The van der Waals surface area contributed by atoms with Crippen molar-refractivity contribution in [3.8, 4) is 6.07 Å². The average Bonchev–Trinajstić information content (AvgIpc) is 2.64. The van der Waals surface area contributed by atoms with Gasteiger partial charge >= 0.3 is 0 Å². The van der Waals surface area contributed by atoms with Gasteiger partial charge in [-0.2, -0.15) is 10.4 Å². The standard InChI is InChI=1S/C15H18N4/c1-10(15-11(2)18-19(4)12(15)3)17-14-7-5-13(9-16)6-8-14/h5-8,10,17H,1-4H3. The van der Waals surface area contributed by atoms with Gasteiger partial charge in [-0.25, -0.2) is 0 Å². The first-order valence-electron chi connectivity index (χ1n) is 6.29. The number of nitrogens with zero attached hydrogens (tertiary/aromatic N) is 3. The first-order chi connectivity index (χ1) is 9.02. The van der Waals surface area contributed by atoms with Crippen LogP contribution >= 0.6 is 0 Å². The quantitative estimate of drug-likeness (QED) is 0.915. The fraction of sp³-hybridized carbons (Fsp3) is 0.333. The number of hydrogen-bond acceptors (Lipinski definition) is 3. The van der Waals surface area contributed by atoms with Crippen molar-refractivity contribution in [1.29, 1.82) is 5.26 Å². The molecule has 0 saturated heterocycles. The Bertz CT molecular complexity index is 617. The fourth-order valence-corrected chi connectivity index (χ4v) is 2.38. The molecule has 0 bridgehead atoms. The van der Waals surface area contributed by atoms with E-state index in [2.05, 4.69) is 30.3 Å². The van der Waals surface area contributed by atoms with Gasteiger partial charge in [0.15, 0.2) is 0 Å². The molecule has 1 atom stereocenters. The highest BCUT2D eigenvalue weighted by Crippen LogP contribution is 2.24. The van der Waals surface area contributed by atoms with E-state index in [9.17, 15) is 0 Å². The highest BCUT2D eigenvalue weighted by Gasteiger charge is 2.15. The molecule has 1 N–H and O–H groups in total. The third kappa shape index (κ3) is 2.60. The van der Waals surface area contributed by atoms with E-state index in [4.69, 9.17) is 5.26 Å². The summed E-state index contributed by atoms with van der Waals surface area (Å²) in [6, 6.07) is 9.79. The molecule has 2 aromatic rings. The lowest BCUT2D eigenvalue weighted by Gasteiger charge is -2.16. The van der Waals surface area contributed by atoms with Crippen molar-refractivity contribution < 1.29 is 0 Å². The molecule has 19 heavy (non-hydrogen) atoms. The summed E-state index contributed by atoms with van der Waals surface area (Å²) in [7, 11) is 1.96. The summed E-state index contributed by atoms with van der Waals surface area (Å²) in [4.78, 5) is 0. The number of nitriles is 1. The zero-order valence-corrected chi connectivity index (χ0v) is 11.7. The fourth-order valence-electron chi connectivity index (χ4n) is 2.38. The molecule has 0 spiro atoms. The molecule has 2 rings (SSSR count). The Balaban J connectivity index is 2.20. The largest absolute Gasteiger partial charge is 0.378 e. The predicted molar refractivity (Wildman–Crippen MR) is 75.9 cm³/mol. The molecule has 4 nitrogen and oxygen atoms in total. The molecule has 4 heteroatoms. The van der Waals surface area contributed by atoms with Crippen LogP contribution in [-0.2, 0) is 7.05 Å². The Morgan fingerprint density at radius 2 is 1.89 bits per heavy atom. The summed E-state index contributed by atoms with van der Waals surface area (Å²) >= 11 is 0. The molecule has 1 heterocycles. The maximum atomic E-state index is 8.78. The third-order valence-corrected chi connectivity index (χ3v) is 3.40. The molecule has 1 unspecified atom stereocenters. The lowest BCUT2D eigenvalue weighted by Crippen LogP contribution is -2.08. The van der Waals surface area contributed by atoms with E-state index in [0.29, 0.717) is 5.56 Å². The van der Waals surface area contributed by atoms with Crippen molar-refractivity contribution in [2.24, 2.45) is 7.05 Å². The van der Waals surface area contributed by atoms with E-state index in [0.717, 1.165) is 11.4 Å². The molecule has 1 aromatic carbocycles. The lowest BCUT2D eigenvalue weighted by atomic mass is 10.1. The lowest BCUT2D eigenvalue weighted by molar-refractivity contribution is 0.728. The van der Waals surface area contributed by atoms with Gasteiger partial charge in [0.05, 0.1) is 23.4 Å². The van der Waals surface area contributed by atoms with Crippen molar-refractivity contribution in [2.45, 2.75) is 26.8 Å². The molecule has 0 fully saturated rings. The van der Waals surface area contributed by atoms with Gasteiger partial charge in [0, 0.05) is 24.0 Å². The molecule has 0 aliphatic rings. The van der Waals surface area contributed by atoms with Crippen LogP contribution in [-0.4, -0.2) is 9.78 Å². The Morgan fingerprint density at radius 3 is 2.37 bits per heavy atom. The minimum absolute atomic E-state index is 0.182. The summed E-state index contributed by atoms with van der Waals surface area (Å²) in [5, 5.41) is 16.7. The van der Waals surface area contributed by atoms with Gasteiger partial charge in [-0.15, -0.1) is 0 Å². The third-order valence-electron chi connectivity index (χ3n) is 3.40. The van der Waals surface area contributed by atoms with E-state index in [1.165, 1.54) is 11.3 Å².